The van der Waals surface area contributed by atoms with E-state index in [9.17, 15) is 14.7 Å². The largest absolute Gasteiger partial charge is 0.507 e. The summed E-state index contributed by atoms with van der Waals surface area (Å²) in [6.45, 7) is 2.80. The second kappa shape index (κ2) is 10.0. The Hall–Kier alpha value is -3.38. The second-order valence-corrected chi connectivity index (χ2v) is 8.76. The quantitative estimate of drug-likeness (QED) is 0.248. The number of Topliss-reactive ketones (excluding diaryl/α,β-unsaturated/α-hetero) is 1. The molecule has 3 aromatic rings. The maximum Gasteiger partial charge on any atom is 0.295 e. The van der Waals surface area contributed by atoms with E-state index < -0.39 is 17.7 Å². The predicted molar refractivity (Wildman–Crippen MR) is 131 cm³/mol. The normalized spacial score (nSPS) is 17.4. The lowest BCUT2D eigenvalue weighted by Crippen LogP contribution is -2.29. The summed E-state index contributed by atoms with van der Waals surface area (Å²) in [5, 5.41) is 11.3. The third-order valence-electron chi connectivity index (χ3n) is 5.48. The van der Waals surface area contributed by atoms with Crippen molar-refractivity contribution in [3.8, 4) is 5.75 Å². The molecule has 1 atom stereocenters. The van der Waals surface area contributed by atoms with Gasteiger partial charge in [0, 0.05) is 16.6 Å². The van der Waals surface area contributed by atoms with Gasteiger partial charge < -0.3 is 14.7 Å². The van der Waals surface area contributed by atoms with Gasteiger partial charge in [0.15, 0.2) is 0 Å². The molecule has 33 heavy (non-hydrogen) atoms. The zero-order valence-corrected chi connectivity index (χ0v) is 19.8. The smallest absolute Gasteiger partial charge is 0.295 e. The fourth-order valence-corrected chi connectivity index (χ4v) is 4.37. The number of likely N-dealkylation sites (tertiary alicyclic amines) is 1. The summed E-state index contributed by atoms with van der Waals surface area (Å²) in [4.78, 5) is 27.8. The number of benzene rings is 3. The Balaban J connectivity index is 1.83. The number of aliphatic hydroxyl groups excluding tert-OH is 1. The molecule has 0 spiro atoms. The van der Waals surface area contributed by atoms with Crippen molar-refractivity contribution in [3.05, 3.63) is 106 Å². The van der Waals surface area contributed by atoms with Crippen molar-refractivity contribution in [1.82, 2.24) is 4.90 Å². The molecule has 3 aromatic carbocycles. The van der Waals surface area contributed by atoms with Crippen LogP contribution in [0, 0.1) is 0 Å². The number of carbonyl (C=O) groups is 2. The van der Waals surface area contributed by atoms with Gasteiger partial charge in [-0.2, -0.15) is 0 Å². The van der Waals surface area contributed by atoms with Gasteiger partial charge in [-0.1, -0.05) is 77.5 Å². The number of ketones is 1. The lowest BCUT2D eigenvalue weighted by molar-refractivity contribution is -0.140. The fraction of sp³-hybridized carbons (Fsp3) is 0.185. The van der Waals surface area contributed by atoms with Gasteiger partial charge in [-0.15, -0.1) is 0 Å². The SMILES string of the molecule is CCCOc1cccc(/C(O)=C2\C(=O)C(=O)N(Cc3ccccc3)C2c2cccc(Br)c2)c1. The van der Waals surface area contributed by atoms with Crippen LogP contribution >= 0.6 is 15.9 Å². The molecule has 0 aliphatic carbocycles. The average molecular weight is 506 g/mol. The second-order valence-electron chi connectivity index (χ2n) is 7.84. The average Bonchev–Trinajstić information content (AvgIpc) is 3.08. The molecule has 168 valence electrons. The number of hydrogen-bond acceptors (Lipinski definition) is 4. The standard InChI is InChI=1S/C27H24BrNO4/c1-2-14-33-22-13-7-11-20(16-22)25(30)23-24(19-10-6-12-21(28)15-19)29(27(32)26(23)31)17-18-8-4-3-5-9-18/h3-13,15-16,24,30H,2,14,17H2,1H3/b25-23+. The summed E-state index contributed by atoms with van der Waals surface area (Å²) in [6, 6.07) is 23.2. The molecule has 1 fully saturated rings. The van der Waals surface area contributed by atoms with Gasteiger partial charge >= 0.3 is 0 Å². The maximum atomic E-state index is 13.2. The van der Waals surface area contributed by atoms with Gasteiger partial charge in [-0.05, 0) is 41.8 Å². The Bertz CT molecular complexity index is 1210. The van der Waals surface area contributed by atoms with Crippen molar-refractivity contribution in [1.29, 1.82) is 0 Å². The van der Waals surface area contributed by atoms with E-state index in [1.807, 2.05) is 61.5 Å². The van der Waals surface area contributed by atoms with Gasteiger partial charge in [-0.3, -0.25) is 9.59 Å². The van der Waals surface area contributed by atoms with Gasteiger partial charge in [0.2, 0.25) is 0 Å². The van der Waals surface area contributed by atoms with E-state index in [2.05, 4.69) is 15.9 Å². The predicted octanol–water partition coefficient (Wildman–Crippen LogP) is 5.86. The van der Waals surface area contributed by atoms with Crippen LogP contribution in [-0.4, -0.2) is 28.3 Å². The summed E-state index contributed by atoms with van der Waals surface area (Å²) in [6.07, 6.45) is 0.851. The van der Waals surface area contributed by atoms with Crippen LogP contribution in [0.4, 0.5) is 0 Å². The number of rotatable bonds is 7. The molecule has 1 amide bonds. The van der Waals surface area contributed by atoms with Crippen LogP contribution in [0.3, 0.4) is 0 Å². The van der Waals surface area contributed by atoms with Gasteiger partial charge in [0.25, 0.3) is 11.7 Å². The molecule has 0 saturated carbocycles. The molecule has 6 heteroatoms. The Morgan fingerprint density at radius 2 is 1.76 bits per heavy atom. The fourth-order valence-electron chi connectivity index (χ4n) is 3.96. The van der Waals surface area contributed by atoms with Crippen molar-refractivity contribution in [3.63, 3.8) is 0 Å². The molecule has 0 bridgehead atoms. The maximum absolute atomic E-state index is 13.2. The third-order valence-corrected chi connectivity index (χ3v) is 5.97. The minimum Gasteiger partial charge on any atom is -0.507 e. The van der Waals surface area contributed by atoms with Crippen LogP contribution in [0.5, 0.6) is 5.75 Å². The zero-order chi connectivity index (χ0) is 23.4. The molecule has 1 N–H and O–H groups in total. The zero-order valence-electron chi connectivity index (χ0n) is 18.2. The molecule has 0 radical (unpaired) electrons. The van der Waals surface area contributed by atoms with Crippen molar-refractivity contribution < 1.29 is 19.4 Å². The first kappa shape index (κ1) is 22.8. The molecule has 0 aromatic heterocycles. The van der Waals surface area contributed by atoms with Crippen LogP contribution in [0.25, 0.3) is 5.76 Å². The van der Waals surface area contributed by atoms with Gasteiger partial charge in [0.1, 0.15) is 11.5 Å². The highest BCUT2D eigenvalue weighted by molar-refractivity contribution is 9.10. The molecule has 1 aliphatic heterocycles. The number of hydrogen-bond donors (Lipinski definition) is 1. The van der Waals surface area contributed by atoms with E-state index in [0.29, 0.717) is 17.9 Å². The Labute approximate surface area is 201 Å². The highest BCUT2D eigenvalue weighted by Crippen LogP contribution is 2.41. The molecular weight excluding hydrogens is 482 g/mol. The molecule has 1 unspecified atom stereocenters. The number of aliphatic hydroxyl groups is 1. The van der Waals surface area contributed by atoms with Crippen LogP contribution in [0.15, 0.2) is 88.9 Å². The van der Waals surface area contributed by atoms with Crippen molar-refractivity contribution in [2.24, 2.45) is 0 Å². The van der Waals surface area contributed by atoms with Crippen molar-refractivity contribution in [2.75, 3.05) is 6.61 Å². The molecule has 1 heterocycles. The topological polar surface area (TPSA) is 66.8 Å². The molecule has 5 nitrogen and oxygen atoms in total. The van der Waals surface area contributed by atoms with E-state index in [1.165, 1.54) is 4.90 Å². The minimum absolute atomic E-state index is 0.0710. The van der Waals surface area contributed by atoms with Gasteiger partial charge in [0.05, 0.1) is 18.2 Å². The lowest BCUT2D eigenvalue weighted by atomic mass is 9.95. The first-order valence-corrected chi connectivity index (χ1v) is 11.6. The summed E-state index contributed by atoms with van der Waals surface area (Å²) in [7, 11) is 0. The Morgan fingerprint density at radius 1 is 1.00 bits per heavy atom. The molecule has 4 rings (SSSR count). The molecule has 1 saturated heterocycles. The number of halogens is 1. The van der Waals surface area contributed by atoms with Crippen LogP contribution in [0.1, 0.15) is 36.1 Å². The molecular formula is C27H24BrNO4. The third kappa shape index (κ3) is 4.86. The number of nitrogens with zero attached hydrogens (tertiary/aromatic N) is 1. The first-order valence-electron chi connectivity index (χ1n) is 10.8. The van der Waals surface area contributed by atoms with Crippen molar-refractivity contribution in [2.45, 2.75) is 25.9 Å². The van der Waals surface area contributed by atoms with Crippen LogP contribution in [0.2, 0.25) is 0 Å². The number of amides is 1. The van der Waals surface area contributed by atoms with E-state index in [-0.39, 0.29) is 17.9 Å². The van der Waals surface area contributed by atoms with Crippen LogP contribution in [-0.2, 0) is 16.1 Å². The highest BCUT2D eigenvalue weighted by Gasteiger charge is 2.46. The minimum atomic E-state index is -0.720. The summed E-state index contributed by atoms with van der Waals surface area (Å²) < 4.78 is 6.50. The van der Waals surface area contributed by atoms with E-state index in [1.54, 1.807) is 24.3 Å². The Kier molecular flexibility index (Phi) is 6.94. The van der Waals surface area contributed by atoms with Crippen molar-refractivity contribution >= 4 is 33.4 Å². The summed E-state index contributed by atoms with van der Waals surface area (Å²) in [5.74, 6) is -0.952. The lowest BCUT2D eigenvalue weighted by Gasteiger charge is -2.25. The van der Waals surface area contributed by atoms with E-state index in [4.69, 9.17) is 4.74 Å². The van der Waals surface area contributed by atoms with Gasteiger partial charge in [-0.25, -0.2) is 0 Å². The number of carbonyl (C=O) groups excluding carboxylic acids is 2. The van der Waals surface area contributed by atoms with Crippen LogP contribution < -0.4 is 4.74 Å². The first-order chi connectivity index (χ1) is 16.0. The highest BCUT2D eigenvalue weighted by atomic mass is 79.9. The summed E-state index contributed by atoms with van der Waals surface area (Å²) in [5.41, 5.74) is 2.14. The van der Waals surface area contributed by atoms with E-state index >= 15 is 0 Å². The molecule has 1 aliphatic rings. The van der Waals surface area contributed by atoms with E-state index in [0.717, 1.165) is 22.0 Å². The Morgan fingerprint density at radius 3 is 2.48 bits per heavy atom. The number of ether oxygens (including phenoxy) is 1. The summed E-state index contributed by atoms with van der Waals surface area (Å²) >= 11 is 3.48. The monoisotopic (exact) mass is 505 g/mol.